The van der Waals surface area contributed by atoms with Gasteiger partial charge in [0.2, 0.25) is 0 Å². The molecule has 1 aromatic rings. The van der Waals surface area contributed by atoms with Gasteiger partial charge in [0, 0.05) is 30.7 Å². The molecule has 110 valence electrons. The molecular weight excluding hydrogens is 251 g/mol. The number of halogens is 1. The number of benzene rings is 1. The minimum atomic E-state index is -0.126. The highest BCUT2D eigenvalue weighted by atomic mass is 19.1. The van der Waals surface area contributed by atoms with Crippen LogP contribution in [0.25, 0.3) is 0 Å². The van der Waals surface area contributed by atoms with E-state index in [1.807, 2.05) is 6.07 Å². The molecule has 1 aliphatic heterocycles. The number of rotatable bonds is 3. The van der Waals surface area contributed by atoms with Crippen LogP contribution >= 0.6 is 0 Å². The van der Waals surface area contributed by atoms with Crippen molar-refractivity contribution in [2.45, 2.75) is 50.4 Å². The van der Waals surface area contributed by atoms with E-state index in [4.69, 9.17) is 5.73 Å². The van der Waals surface area contributed by atoms with Gasteiger partial charge in [-0.25, -0.2) is 4.39 Å². The van der Waals surface area contributed by atoms with Crippen LogP contribution in [-0.4, -0.2) is 19.6 Å². The molecule has 0 spiro atoms. The fourth-order valence-corrected chi connectivity index (χ4v) is 3.98. The van der Waals surface area contributed by atoms with Crippen LogP contribution in [0.4, 0.5) is 10.1 Å². The molecule has 3 rings (SSSR count). The molecule has 20 heavy (non-hydrogen) atoms. The highest BCUT2D eigenvalue weighted by Crippen LogP contribution is 2.43. The lowest BCUT2D eigenvalue weighted by Gasteiger charge is -2.39. The van der Waals surface area contributed by atoms with Gasteiger partial charge in [0.25, 0.3) is 0 Å². The first-order chi connectivity index (χ1) is 9.75. The summed E-state index contributed by atoms with van der Waals surface area (Å²) < 4.78 is 13.7. The zero-order valence-corrected chi connectivity index (χ0v) is 12.2. The number of hydrogen-bond donors (Lipinski definition) is 1. The molecule has 2 nitrogen and oxygen atoms in total. The Kier molecular flexibility index (Phi) is 3.97. The van der Waals surface area contributed by atoms with Gasteiger partial charge in [-0.3, -0.25) is 0 Å². The van der Waals surface area contributed by atoms with Crippen LogP contribution in [0.15, 0.2) is 18.2 Å². The Balaban J connectivity index is 2.02. The zero-order valence-electron chi connectivity index (χ0n) is 12.2. The fourth-order valence-electron chi connectivity index (χ4n) is 3.98. The van der Waals surface area contributed by atoms with Gasteiger partial charge in [-0.1, -0.05) is 25.3 Å². The van der Waals surface area contributed by atoms with Crippen molar-refractivity contribution in [3.63, 3.8) is 0 Å². The standard InChI is InChI=1S/C17H25FN2/c18-14-6-7-15(16(12-14)20-10-4-5-11-20)17(13-19)8-2-1-3-9-17/h6-7,12H,1-5,8-11,13,19H2. The Morgan fingerprint density at radius 3 is 2.40 bits per heavy atom. The first kappa shape index (κ1) is 13.9. The van der Waals surface area contributed by atoms with Gasteiger partial charge < -0.3 is 10.6 Å². The monoisotopic (exact) mass is 276 g/mol. The van der Waals surface area contributed by atoms with Gasteiger partial charge in [-0.15, -0.1) is 0 Å². The molecule has 0 atom stereocenters. The molecule has 1 aliphatic carbocycles. The number of anilines is 1. The Morgan fingerprint density at radius 2 is 1.75 bits per heavy atom. The van der Waals surface area contributed by atoms with Crippen molar-refractivity contribution >= 4 is 5.69 Å². The van der Waals surface area contributed by atoms with Crippen molar-refractivity contribution in [3.05, 3.63) is 29.6 Å². The Morgan fingerprint density at radius 1 is 1.05 bits per heavy atom. The third-order valence-corrected chi connectivity index (χ3v) is 5.18. The summed E-state index contributed by atoms with van der Waals surface area (Å²) in [4.78, 5) is 2.35. The van der Waals surface area contributed by atoms with Crippen LogP contribution in [0.1, 0.15) is 50.5 Å². The lowest BCUT2D eigenvalue weighted by atomic mass is 9.69. The predicted octanol–water partition coefficient (Wildman–Crippen LogP) is 3.59. The molecule has 0 amide bonds. The highest BCUT2D eigenvalue weighted by molar-refractivity contribution is 5.58. The second kappa shape index (κ2) is 5.72. The van der Waals surface area contributed by atoms with E-state index in [0.29, 0.717) is 6.54 Å². The highest BCUT2D eigenvalue weighted by Gasteiger charge is 2.35. The molecule has 2 N–H and O–H groups in total. The first-order valence-corrected chi connectivity index (χ1v) is 8.00. The lowest BCUT2D eigenvalue weighted by Crippen LogP contribution is -2.38. The summed E-state index contributed by atoms with van der Waals surface area (Å²) in [6, 6.07) is 5.34. The van der Waals surface area contributed by atoms with Crippen molar-refractivity contribution in [3.8, 4) is 0 Å². The largest absolute Gasteiger partial charge is 0.371 e. The van der Waals surface area contributed by atoms with Gasteiger partial charge in [-0.2, -0.15) is 0 Å². The smallest absolute Gasteiger partial charge is 0.125 e. The third kappa shape index (κ3) is 2.44. The maximum atomic E-state index is 13.7. The maximum Gasteiger partial charge on any atom is 0.125 e. The normalized spacial score (nSPS) is 22.2. The molecule has 1 saturated carbocycles. The molecule has 0 radical (unpaired) electrons. The lowest BCUT2D eigenvalue weighted by molar-refractivity contribution is 0.301. The van der Waals surface area contributed by atoms with Crippen molar-refractivity contribution in [1.29, 1.82) is 0 Å². The molecule has 1 aromatic carbocycles. The number of hydrogen-bond acceptors (Lipinski definition) is 2. The molecular formula is C17H25FN2. The summed E-state index contributed by atoms with van der Waals surface area (Å²) in [5, 5.41) is 0. The molecule has 2 aliphatic rings. The maximum absolute atomic E-state index is 13.7. The van der Waals surface area contributed by atoms with Crippen LogP contribution in [0, 0.1) is 5.82 Å². The summed E-state index contributed by atoms with van der Waals surface area (Å²) in [7, 11) is 0. The first-order valence-electron chi connectivity index (χ1n) is 8.00. The van der Waals surface area contributed by atoms with Crippen LogP contribution in [0.2, 0.25) is 0 Å². The van der Waals surface area contributed by atoms with Gasteiger partial charge in [0.05, 0.1) is 0 Å². The van der Waals surface area contributed by atoms with E-state index in [9.17, 15) is 4.39 Å². The van der Waals surface area contributed by atoms with E-state index < -0.39 is 0 Å². The van der Waals surface area contributed by atoms with Gasteiger partial charge in [0.15, 0.2) is 0 Å². The summed E-state index contributed by atoms with van der Waals surface area (Å²) >= 11 is 0. The van der Waals surface area contributed by atoms with E-state index in [1.165, 1.54) is 37.7 Å². The van der Waals surface area contributed by atoms with E-state index in [1.54, 1.807) is 12.1 Å². The molecule has 3 heteroatoms. The molecule has 0 unspecified atom stereocenters. The second-order valence-electron chi connectivity index (χ2n) is 6.40. The predicted molar refractivity (Wildman–Crippen MR) is 81.7 cm³/mol. The van der Waals surface area contributed by atoms with Gasteiger partial charge in [0.1, 0.15) is 5.82 Å². The summed E-state index contributed by atoms with van der Waals surface area (Å²) in [5.41, 5.74) is 8.64. The fraction of sp³-hybridized carbons (Fsp3) is 0.647. The van der Waals surface area contributed by atoms with Crippen LogP contribution in [0.5, 0.6) is 0 Å². The Labute approximate surface area is 121 Å². The van der Waals surface area contributed by atoms with Crippen LogP contribution in [-0.2, 0) is 5.41 Å². The minimum Gasteiger partial charge on any atom is -0.371 e. The summed E-state index contributed by atoms with van der Waals surface area (Å²) in [6.07, 6.45) is 8.52. The zero-order chi connectivity index (χ0) is 14.0. The Hall–Kier alpha value is -1.09. The molecule has 1 heterocycles. The molecule has 0 bridgehead atoms. The van der Waals surface area contributed by atoms with Crippen molar-refractivity contribution < 1.29 is 4.39 Å². The van der Waals surface area contributed by atoms with Crippen LogP contribution in [0.3, 0.4) is 0 Å². The SMILES string of the molecule is NCC1(c2ccc(F)cc2N2CCCC2)CCCCC1. The van der Waals surface area contributed by atoms with Crippen LogP contribution < -0.4 is 10.6 Å². The number of nitrogens with zero attached hydrogens (tertiary/aromatic N) is 1. The summed E-state index contributed by atoms with van der Waals surface area (Å²) in [5.74, 6) is -0.126. The third-order valence-electron chi connectivity index (χ3n) is 5.18. The Bertz CT molecular complexity index is 460. The number of nitrogens with two attached hydrogens (primary N) is 1. The average Bonchev–Trinajstić information content (AvgIpc) is 3.02. The van der Waals surface area contributed by atoms with Gasteiger partial charge >= 0.3 is 0 Å². The topological polar surface area (TPSA) is 29.3 Å². The van der Waals surface area contributed by atoms with Crippen molar-refractivity contribution in [2.24, 2.45) is 5.73 Å². The summed E-state index contributed by atoms with van der Waals surface area (Å²) in [6.45, 7) is 2.79. The van der Waals surface area contributed by atoms with Crippen molar-refractivity contribution in [1.82, 2.24) is 0 Å². The van der Waals surface area contributed by atoms with E-state index >= 15 is 0 Å². The van der Waals surface area contributed by atoms with E-state index in [0.717, 1.165) is 31.6 Å². The van der Waals surface area contributed by atoms with E-state index in [-0.39, 0.29) is 11.2 Å². The van der Waals surface area contributed by atoms with E-state index in [2.05, 4.69) is 4.90 Å². The van der Waals surface area contributed by atoms with Gasteiger partial charge in [-0.05, 0) is 43.4 Å². The molecule has 2 fully saturated rings. The minimum absolute atomic E-state index is 0.0733. The quantitative estimate of drug-likeness (QED) is 0.914. The second-order valence-corrected chi connectivity index (χ2v) is 6.40. The molecule has 0 aromatic heterocycles. The average molecular weight is 276 g/mol. The van der Waals surface area contributed by atoms with Crippen molar-refractivity contribution in [2.75, 3.05) is 24.5 Å². The molecule has 1 saturated heterocycles.